The van der Waals surface area contributed by atoms with E-state index in [-0.39, 0.29) is 18.1 Å². The van der Waals surface area contributed by atoms with Crippen molar-refractivity contribution >= 4 is 22.5 Å². The Morgan fingerprint density at radius 1 is 1.09 bits per heavy atom. The maximum atomic E-state index is 13.5. The van der Waals surface area contributed by atoms with E-state index < -0.39 is 0 Å². The maximum Gasteiger partial charge on any atom is 0.228 e. The quantitative estimate of drug-likeness (QED) is 0.739. The molecule has 118 valence electrons. The molecule has 3 aromatic rings. The average Bonchev–Trinajstić information content (AvgIpc) is 2.74. The lowest BCUT2D eigenvalue weighted by Crippen LogP contribution is -2.15. The van der Waals surface area contributed by atoms with E-state index in [4.69, 9.17) is 0 Å². The topological polar surface area (TPSA) is 44.9 Å². The summed E-state index contributed by atoms with van der Waals surface area (Å²) in [4.78, 5) is 15.6. The molecule has 0 saturated carbocycles. The summed E-state index contributed by atoms with van der Waals surface area (Å²) in [5.41, 5.74) is 5.56. The zero-order valence-electron chi connectivity index (χ0n) is 13.5. The summed E-state index contributed by atoms with van der Waals surface area (Å²) in [5, 5.41) is 3.68. The molecular weight excluding hydrogens is 291 g/mol. The van der Waals surface area contributed by atoms with Gasteiger partial charge in [0, 0.05) is 22.3 Å². The Hall–Kier alpha value is -2.62. The fraction of sp³-hybridized carbons (Fsp3) is 0.211. The predicted molar refractivity (Wildman–Crippen MR) is 91.2 cm³/mol. The first-order chi connectivity index (χ1) is 10.9. The third kappa shape index (κ3) is 3.26. The number of aromatic amines is 1. The Morgan fingerprint density at radius 2 is 1.78 bits per heavy atom. The second-order valence-electron chi connectivity index (χ2n) is 6.02. The monoisotopic (exact) mass is 310 g/mol. The summed E-state index contributed by atoms with van der Waals surface area (Å²) in [5.74, 6) is -0.407. The molecule has 4 heteroatoms. The van der Waals surface area contributed by atoms with Crippen LogP contribution in [0.3, 0.4) is 0 Å². The van der Waals surface area contributed by atoms with Crippen LogP contribution in [0.25, 0.3) is 10.9 Å². The normalized spacial score (nSPS) is 11.0. The van der Waals surface area contributed by atoms with Crippen LogP contribution < -0.4 is 5.32 Å². The smallest absolute Gasteiger partial charge is 0.228 e. The predicted octanol–water partition coefficient (Wildman–Crippen LogP) is 4.41. The molecule has 0 bridgehead atoms. The molecule has 1 heterocycles. The van der Waals surface area contributed by atoms with Gasteiger partial charge < -0.3 is 10.3 Å². The minimum Gasteiger partial charge on any atom is -0.358 e. The van der Waals surface area contributed by atoms with Gasteiger partial charge >= 0.3 is 0 Å². The number of hydrogen-bond acceptors (Lipinski definition) is 1. The highest BCUT2D eigenvalue weighted by Crippen LogP contribution is 2.24. The van der Waals surface area contributed by atoms with Gasteiger partial charge in [-0.15, -0.1) is 0 Å². The summed E-state index contributed by atoms with van der Waals surface area (Å²) in [7, 11) is 0. The van der Waals surface area contributed by atoms with Gasteiger partial charge in [0.1, 0.15) is 5.82 Å². The number of carbonyl (C=O) groups excluding carboxylic acids is 1. The number of carbonyl (C=O) groups is 1. The van der Waals surface area contributed by atoms with Crippen LogP contribution >= 0.6 is 0 Å². The van der Waals surface area contributed by atoms with E-state index in [0.29, 0.717) is 0 Å². The number of hydrogen-bond donors (Lipinski definition) is 2. The molecular formula is C19H19FN2O. The molecule has 0 aliphatic heterocycles. The van der Waals surface area contributed by atoms with Crippen LogP contribution in [0.2, 0.25) is 0 Å². The standard InChI is InChI=1S/C19H19FN2O/c1-11-6-12(2)8-15(7-11)22-19(23)10-16-13(3)21-18-5-4-14(20)9-17(16)18/h4-9,21H,10H2,1-3H3,(H,22,23). The van der Waals surface area contributed by atoms with E-state index in [0.717, 1.165) is 39.0 Å². The molecule has 0 aliphatic carbocycles. The maximum absolute atomic E-state index is 13.5. The Kier molecular flexibility index (Phi) is 3.90. The Bertz CT molecular complexity index is 876. The zero-order chi connectivity index (χ0) is 16.6. The van der Waals surface area contributed by atoms with Gasteiger partial charge in [0.05, 0.1) is 6.42 Å². The van der Waals surface area contributed by atoms with Crippen LogP contribution in [0, 0.1) is 26.6 Å². The van der Waals surface area contributed by atoms with E-state index >= 15 is 0 Å². The van der Waals surface area contributed by atoms with Crippen LogP contribution in [-0.2, 0) is 11.2 Å². The molecule has 3 rings (SSSR count). The van der Waals surface area contributed by atoms with Gasteiger partial charge in [-0.1, -0.05) is 6.07 Å². The van der Waals surface area contributed by atoms with E-state index in [1.807, 2.05) is 32.9 Å². The second-order valence-corrected chi connectivity index (χ2v) is 6.02. The van der Waals surface area contributed by atoms with Gasteiger partial charge in [-0.25, -0.2) is 4.39 Å². The van der Waals surface area contributed by atoms with Crippen molar-refractivity contribution in [3.05, 3.63) is 64.6 Å². The molecule has 23 heavy (non-hydrogen) atoms. The lowest BCUT2D eigenvalue weighted by Gasteiger charge is -2.08. The molecule has 0 aliphatic rings. The molecule has 2 N–H and O–H groups in total. The van der Waals surface area contributed by atoms with E-state index in [9.17, 15) is 9.18 Å². The van der Waals surface area contributed by atoms with Gasteiger partial charge in [-0.05, 0) is 67.8 Å². The fourth-order valence-corrected chi connectivity index (χ4v) is 2.99. The molecule has 0 spiro atoms. The van der Waals surface area contributed by atoms with Gasteiger partial charge in [-0.3, -0.25) is 4.79 Å². The van der Waals surface area contributed by atoms with Crippen LogP contribution in [0.1, 0.15) is 22.4 Å². The van der Waals surface area contributed by atoms with Crippen molar-refractivity contribution in [1.82, 2.24) is 4.98 Å². The SMILES string of the molecule is Cc1cc(C)cc(NC(=O)Cc2c(C)[nH]c3ccc(F)cc23)c1. The number of aryl methyl sites for hydroxylation is 3. The molecule has 0 saturated heterocycles. The Morgan fingerprint density at radius 3 is 2.48 bits per heavy atom. The lowest BCUT2D eigenvalue weighted by atomic mass is 10.1. The summed E-state index contributed by atoms with van der Waals surface area (Å²) in [6.07, 6.45) is 0.211. The number of benzene rings is 2. The number of aromatic nitrogens is 1. The minimum atomic E-state index is -0.299. The highest BCUT2D eigenvalue weighted by molar-refractivity contribution is 5.96. The summed E-state index contributed by atoms with van der Waals surface area (Å²) >= 11 is 0. The first kappa shape index (κ1) is 15.3. The van der Waals surface area contributed by atoms with Gasteiger partial charge in [0.15, 0.2) is 0 Å². The largest absolute Gasteiger partial charge is 0.358 e. The lowest BCUT2D eigenvalue weighted by molar-refractivity contribution is -0.115. The number of rotatable bonds is 3. The zero-order valence-corrected chi connectivity index (χ0v) is 13.5. The van der Waals surface area contributed by atoms with E-state index in [2.05, 4.69) is 16.4 Å². The highest BCUT2D eigenvalue weighted by atomic mass is 19.1. The van der Waals surface area contributed by atoms with E-state index in [1.165, 1.54) is 12.1 Å². The molecule has 1 amide bonds. The molecule has 0 unspecified atom stereocenters. The fourth-order valence-electron chi connectivity index (χ4n) is 2.99. The van der Waals surface area contributed by atoms with Gasteiger partial charge in [-0.2, -0.15) is 0 Å². The van der Waals surface area contributed by atoms with Gasteiger partial charge in [0.2, 0.25) is 5.91 Å². The van der Waals surface area contributed by atoms with Crippen LogP contribution in [-0.4, -0.2) is 10.9 Å². The first-order valence-electron chi connectivity index (χ1n) is 7.57. The summed E-state index contributed by atoms with van der Waals surface area (Å²) in [6, 6.07) is 10.5. The minimum absolute atomic E-state index is 0.108. The van der Waals surface area contributed by atoms with Crippen molar-refractivity contribution in [2.45, 2.75) is 27.2 Å². The number of amides is 1. The highest BCUT2D eigenvalue weighted by Gasteiger charge is 2.13. The molecule has 2 aromatic carbocycles. The number of nitrogens with one attached hydrogen (secondary N) is 2. The summed E-state index contributed by atoms with van der Waals surface area (Å²) in [6.45, 7) is 5.89. The number of anilines is 1. The average molecular weight is 310 g/mol. The van der Waals surface area contributed by atoms with Crippen molar-refractivity contribution in [3.63, 3.8) is 0 Å². The number of halogens is 1. The van der Waals surface area contributed by atoms with Crippen molar-refractivity contribution < 1.29 is 9.18 Å². The van der Waals surface area contributed by atoms with Crippen molar-refractivity contribution in [2.75, 3.05) is 5.32 Å². The Balaban J connectivity index is 1.85. The van der Waals surface area contributed by atoms with Crippen LogP contribution in [0.15, 0.2) is 36.4 Å². The van der Waals surface area contributed by atoms with E-state index in [1.54, 1.807) is 6.07 Å². The molecule has 0 radical (unpaired) electrons. The van der Waals surface area contributed by atoms with Crippen molar-refractivity contribution in [1.29, 1.82) is 0 Å². The third-order valence-electron chi connectivity index (χ3n) is 3.92. The molecule has 3 nitrogen and oxygen atoms in total. The Labute approximate surface area is 134 Å². The molecule has 0 atom stereocenters. The number of H-pyrrole nitrogens is 1. The van der Waals surface area contributed by atoms with Crippen molar-refractivity contribution in [2.24, 2.45) is 0 Å². The van der Waals surface area contributed by atoms with Gasteiger partial charge in [0.25, 0.3) is 0 Å². The van der Waals surface area contributed by atoms with Crippen molar-refractivity contribution in [3.8, 4) is 0 Å². The second kappa shape index (κ2) is 5.88. The third-order valence-corrected chi connectivity index (χ3v) is 3.92. The summed E-state index contributed by atoms with van der Waals surface area (Å²) < 4.78 is 13.5. The first-order valence-corrected chi connectivity index (χ1v) is 7.57. The van der Waals surface area contributed by atoms with Crippen LogP contribution in [0.5, 0.6) is 0 Å². The molecule has 0 fully saturated rings. The van der Waals surface area contributed by atoms with Crippen LogP contribution in [0.4, 0.5) is 10.1 Å². The molecule has 1 aromatic heterocycles. The number of fused-ring (bicyclic) bond motifs is 1.